The maximum Gasteiger partial charge on any atom is 0.335 e. The van der Waals surface area contributed by atoms with Gasteiger partial charge in [-0.25, -0.2) is 9.78 Å². The molecule has 0 spiro atoms. The van der Waals surface area contributed by atoms with Crippen LogP contribution < -0.4 is 0 Å². The van der Waals surface area contributed by atoms with Crippen LogP contribution in [0.1, 0.15) is 46.4 Å². The average molecular weight is 273 g/mol. The van der Waals surface area contributed by atoms with E-state index in [9.17, 15) is 4.79 Å². The zero-order valence-electron chi connectivity index (χ0n) is 10.8. The predicted octanol–water partition coefficient (Wildman–Crippen LogP) is 4.14. The topological polar surface area (TPSA) is 50.2 Å². The van der Waals surface area contributed by atoms with Crippen molar-refractivity contribution < 1.29 is 9.90 Å². The Hall–Kier alpha value is -1.94. The van der Waals surface area contributed by atoms with Gasteiger partial charge in [0.25, 0.3) is 0 Å². The van der Waals surface area contributed by atoms with E-state index in [-0.39, 0.29) is 0 Å². The predicted molar refractivity (Wildman–Crippen MR) is 78.5 cm³/mol. The lowest BCUT2D eigenvalue weighted by Gasteiger charge is -1.97. The van der Waals surface area contributed by atoms with Gasteiger partial charge in [0.05, 0.1) is 11.3 Å². The molecular weight excluding hydrogens is 258 g/mol. The van der Waals surface area contributed by atoms with Gasteiger partial charge in [0, 0.05) is 5.38 Å². The number of hydrogen-bond donors (Lipinski definition) is 1. The minimum atomic E-state index is -0.911. The fourth-order valence-corrected chi connectivity index (χ4v) is 2.46. The van der Waals surface area contributed by atoms with Crippen molar-refractivity contribution in [1.82, 2.24) is 4.98 Å². The third-order valence-corrected chi connectivity index (χ3v) is 3.51. The molecule has 2 aromatic rings. The number of aromatic carboxylic acids is 1. The van der Waals surface area contributed by atoms with Gasteiger partial charge in [0.2, 0.25) is 0 Å². The molecular formula is C15H15NO2S. The summed E-state index contributed by atoms with van der Waals surface area (Å²) in [6.45, 7) is 4.22. The highest BCUT2D eigenvalue weighted by atomic mass is 32.1. The molecule has 0 radical (unpaired) electrons. The second-order valence-corrected chi connectivity index (χ2v) is 5.42. The van der Waals surface area contributed by atoms with Crippen LogP contribution in [-0.2, 0) is 0 Å². The molecule has 0 saturated carbocycles. The zero-order chi connectivity index (χ0) is 13.8. The Morgan fingerprint density at radius 3 is 2.79 bits per heavy atom. The molecule has 98 valence electrons. The molecule has 2 rings (SSSR count). The van der Waals surface area contributed by atoms with Crippen LogP contribution in [0.2, 0.25) is 0 Å². The van der Waals surface area contributed by atoms with E-state index in [2.05, 4.69) is 24.2 Å². The maximum absolute atomic E-state index is 10.9. The van der Waals surface area contributed by atoms with E-state index >= 15 is 0 Å². The second kappa shape index (κ2) is 5.80. The van der Waals surface area contributed by atoms with Gasteiger partial charge >= 0.3 is 5.97 Å². The smallest absolute Gasteiger partial charge is 0.335 e. The van der Waals surface area contributed by atoms with Crippen LogP contribution in [0.4, 0.5) is 0 Å². The highest BCUT2D eigenvalue weighted by molar-refractivity contribution is 7.10. The Labute approximate surface area is 116 Å². The third kappa shape index (κ3) is 3.51. The number of aromatic nitrogens is 1. The standard InChI is InChI=1S/C15H15NO2S/c1-10(2)13-9-19-14(16-13)7-6-11-4-3-5-12(8-11)15(17)18/h3-10H,1-2H3,(H,17,18)/b7-6+. The van der Waals surface area contributed by atoms with Gasteiger partial charge in [-0.1, -0.05) is 32.1 Å². The number of carbonyl (C=O) groups is 1. The highest BCUT2D eigenvalue weighted by Crippen LogP contribution is 2.19. The lowest BCUT2D eigenvalue weighted by molar-refractivity contribution is 0.0697. The molecule has 0 fully saturated rings. The number of nitrogens with zero attached hydrogens (tertiary/aromatic N) is 1. The van der Waals surface area contributed by atoms with Gasteiger partial charge < -0.3 is 5.11 Å². The second-order valence-electron chi connectivity index (χ2n) is 4.53. The van der Waals surface area contributed by atoms with Gasteiger partial charge in [0.15, 0.2) is 0 Å². The van der Waals surface area contributed by atoms with Crippen LogP contribution in [0.15, 0.2) is 29.6 Å². The van der Waals surface area contributed by atoms with Gasteiger partial charge in [0.1, 0.15) is 5.01 Å². The first kappa shape index (κ1) is 13.5. The molecule has 1 N–H and O–H groups in total. The Balaban J connectivity index is 2.17. The molecule has 0 aliphatic carbocycles. The molecule has 0 aliphatic heterocycles. The van der Waals surface area contributed by atoms with Gasteiger partial charge in [-0.05, 0) is 29.7 Å². The van der Waals surface area contributed by atoms with Crippen LogP contribution in [0.25, 0.3) is 12.2 Å². The largest absolute Gasteiger partial charge is 0.478 e. The average Bonchev–Trinajstić information content (AvgIpc) is 2.85. The molecule has 1 heterocycles. The number of benzene rings is 1. The van der Waals surface area contributed by atoms with Crippen LogP contribution >= 0.6 is 11.3 Å². The maximum atomic E-state index is 10.9. The lowest BCUT2D eigenvalue weighted by Crippen LogP contribution is -1.95. The molecule has 1 aromatic heterocycles. The number of thiazole rings is 1. The molecule has 0 amide bonds. The van der Waals surface area contributed by atoms with Crippen LogP contribution in [0.5, 0.6) is 0 Å². The molecule has 0 saturated heterocycles. The van der Waals surface area contributed by atoms with Crippen molar-refractivity contribution in [1.29, 1.82) is 0 Å². The van der Waals surface area contributed by atoms with E-state index < -0.39 is 5.97 Å². The quantitative estimate of drug-likeness (QED) is 0.911. The Morgan fingerprint density at radius 2 is 2.16 bits per heavy atom. The van der Waals surface area contributed by atoms with Crippen LogP contribution in [0.3, 0.4) is 0 Å². The minimum Gasteiger partial charge on any atom is -0.478 e. The molecule has 0 atom stereocenters. The summed E-state index contributed by atoms with van der Waals surface area (Å²) < 4.78 is 0. The first-order chi connectivity index (χ1) is 9.06. The van der Waals surface area contributed by atoms with Crippen molar-refractivity contribution in [2.45, 2.75) is 19.8 Å². The van der Waals surface area contributed by atoms with E-state index in [0.29, 0.717) is 11.5 Å². The van der Waals surface area contributed by atoms with Crippen molar-refractivity contribution in [3.05, 3.63) is 51.5 Å². The minimum absolute atomic E-state index is 0.296. The first-order valence-corrected chi connectivity index (χ1v) is 6.91. The first-order valence-electron chi connectivity index (χ1n) is 6.03. The number of carboxylic acids is 1. The SMILES string of the molecule is CC(C)c1csc(/C=C/c2cccc(C(=O)O)c2)n1. The molecule has 19 heavy (non-hydrogen) atoms. The number of carboxylic acid groups (broad SMARTS) is 1. The molecule has 0 aliphatic rings. The monoisotopic (exact) mass is 273 g/mol. The van der Waals surface area contributed by atoms with Crippen molar-refractivity contribution >= 4 is 29.5 Å². The van der Waals surface area contributed by atoms with E-state index in [1.807, 2.05) is 18.2 Å². The molecule has 1 aromatic carbocycles. The highest BCUT2D eigenvalue weighted by Gasteiger charge is 2.04. The molecule has 4 heteroatoms. The van der Waals surface area contributed by atoms with Crippen molar-refractivity contribution in [3.8, 4) is 0 Å². The number of rotatable bonds is 4. The fraction of sp³-hybridized carbons (Fsp3) is 0.200. The summed E-state index contributed by atoms with van der Waals surface area (Å²) in [6.07, 6.45) is 3.80. The third-order valence-electron chi connectivity index (χ3n) is 2.68. The number of hydrogen-bond acceptors (Lipinski definition) is 3. The van der Waals surface area contributed by atoms with Crippen molar-refractivity contribution in [3.63, 3.8) is 0 Å². The Bertz CT molecular complexity index is 614. The van der Waals surface area contributed by atoms with E-state index in [4.69, 9.17) is 5.11 Å². The van der Waals surface area contributed by atoms with Gasteiger partial charge in [-0.2, -0.15) is 0 Å². The summed E-state index contributed by atoms with van der Waals surface area (Å²) in [5.74, 6) is -0.486. The van der Waals surface area contributed by atoms with Crippen LogP contribution in [-0.4, -0.2) is 16.1 Å². The van der Waals surface area contributed by atoms with E-state index in [1.165, 1.54) is 0 Å². The summed E-state index contributed by atoms with van der Waals surface area (Å²) in [6, 6.07) is 6.85. The summed E-state index contributed by atoms with van der Waals surface area (Å²) in [7, 11) is 0. The molecule has 0 unspecified atom stereocenters. The zero-order valence-corrected chi connectivity index (χ0v) is 11.6. The Morgan fingerprint density at radius 1 is 1.37 bits per heavy atom. The lowest BCUT2D eigenvalue weighted by atomic mass is 10.1. The van der Waals surface area contributed by atoms with E-state index in [0.717, 1.165) is 16.3 Å². The van der Waals surface area contributed by atoms with Gasteiger partial charge in [-0.15, -0.1) is 11.3 Å². The summed E-state index contributed by atoms with van der Waals surface area (Å²) in [4.78, 5) is 15.4. The van der Waals surface area contributed by atoms with Crippen molar-refractivity contribution in [2.75, 3.05) is 0 Å². The fourth-order valence-electron chi connectivity index (χ4n) is 1.59. The van der Waals surface area contributed by atoms with Crippen LogP contribution in [0, 0.1) is 0 Å². The van der Waals surface area contributed by atoms with Crippen molar-refractivity contribution in [2.24, 2.45) is 0 Å². The summed E-state index contributed by atoms with van der Waals surface area (Å²) in [5.41, 5.74) is 2.24. The normalized spacial score (nSPS) is 11.3. The summed E-state index contributed by atoms with van der Waals surface area (Å²) in [5, 5.41) is 11.9. The molecule has 0 bridgehead atoms. The molecule has 3 nitrogen and oxygen atoms in total. The van der Waals surface area contributed by atoms with E-state index in [1.54, 1.807) is 29.5 Å². The summed E-state index contributed by atoms with van der Waals surface area (Å²) >= 11 is 1.59. The Kier molecular flexibility index (Phi) is 4.12. The van der Waals surface area contributed by atoms with Gasteiger partial charge in [-0.3, -0.25) is 0 Å².